The van der Waals surface area contributed by atoms with Gasteiger partial charge in [-0.15, -0.1) is 0 Å². The van der Waals surface area contributed by atoms with Crippen molar-refractivity contribution in [2.45, 2.75) is 34.1 Å². The summed E-state index contributed by atoms with van der Waals surface area (Å²) < 4.78 is 5.38. The molecule has 0 spiro atoms. The van der Waals surface area contributed by atoms with Crippen LogP contribution in [0.3, 0.4) is 0 Å². The molecule has 0 N–H and O–H groups in total. The number of carbonyl (C=O) groups excluding carboxylic acids is 1. The minimum absolute atomic E-state index is 0.158. The van der Waals surface area contributed by atoms with Crippen molar-refractivity contribution >= 4 is 5.91 Å². The third-order valence-electron chi connectivity index (χ3n) is 3.24. The number of nitrogens with zero attached hydrogens (tertiary/aromatic N) is 1. The SMILES string of the molecule is CCN(CC)C(=O)Cc1c(C)cc(C)cc1OC. The molecule has 0 heterocycles. The van der Waals surface area contributed by atoms with Gasteiger partial charge in [0, 0.05) is 18.7 Å². The molecular weight excluding hydrogens is 226 g/mol. The number of hydrogen-bond donors (Lipinski definition) is 0. The molecule has 0 aliphatic heterocycles. The summed E-state index contributed by atoms with van der Waals surface area (Å²) in [6, 6.07) is 4.07. The number of hydrogen-bond acceptors (Lipinski definition) is 2. The maximum absolute atomic E-state index is 12.2. The Balaban J connectivity index is 3.00. The minimum Gasteiger partial charge on any atom is -0.496 e. The standard InChI is InChI=1S/C15H23NO2/c1-6-16(7-2)15(17)10-13-12(4)8-11(3)9-14(13)18-5/h8-9H,6-7,10H2,1-5H3. The average Bonchev–Trinajstić information content (AvgIpc) is 2.33. The van der Waals surface area contributed by atoms with Crippen molar-refractivity contribution < 1.29 is 9.53 Å². The lowest BCUT2D eigenvalue weighted by Crippen LogP contribution is -2.32. The lowest BCUT2D eigenvalue weighted by atomic mass is 10.0. The molecule has 1 aromatic rings. The molecule has 18 heavy (non-hydrogen) atoms. The molecule has 0 aliphatic carbocycles. The quantitative estimate of drug-likeness (QED) is 0.803. The van der Waals surface area contributed by atoms with Crippen molar-refractivity contribution in [3.63, 3.8) is 0 Å². The fourth-order valence-electron chi connectivity index (χ4n) is 2.21. The zero-order valence-electron chi connectivity index (χ0n) is 12.0. The molecule has 0 bridgehead atoms. The highest BCUT2D eigenvalue weighted by atomic mass is 16.5. The molecule has 0 saturated carbocycles. The van der Waals surface area contributed by atoms with Crippen LogP contribution in [0, 0.1) is 13.8 Å². The van der Waals surface area contributed by atoms with E-state index >= 15 is 0 Å². The summed E-state index contributed by atoms with van der Waals surface area (Å²) in [6.45, 7) is 9.57. The van der Waals surface area contributed by atoms with Crippen LogP contribution in [-0.2, 0) is 11.2 Å². The Morgan fingerprint density at radius 2 is 1.83 bits per heavy atom. The van der Waals surface area contributed by atoms with E-state index in [-0.39, 0.29) is 5.91 Å². The predicted molar refractivity (Wildman–Crippen MR) is 74.1 cm³/mol. The highest BCUT2D eigenvalue weighted by molar-refractivity contribution is 5.80. The zero-order chi connectivity index (χ0) is 13.7. The van der Waals surface area contributed by atoms with Gasteiger partial charge in [-0.25, -0.2) is 0 Å². The van der Waals surface area contributed by atoms with Crippen molar-refractivity contribution in [1.82, 2.24) is 4.90 Å². The number of likely N-dealkylation sites (N-methyl/N-ethyl adjacent to an activating group) is 1. The van der Waals surface area contributed by atoms with E-state index in [1.807, 2.05) is 38.7 Å². The normalized spacial score (nSPS) is 10.3. The van der Waals surface area contributed by atoms with E-state index in [2.05, 4.69) is 6.07 Å². The van der Waals surface area contributed by atoms with Gasteiger partial charge in [-0.2, -0.15) is 0 Å². The summed E-state index contributed by atoms with van der Waals surface area (Å²) in [6.07, 6.45) is 0.414. The maximum Gasteiger partial charge on any atom is 0.227 e. The van der Waals surface area contributed by atoms with Gasteiger partial charge in [-0.1, -0.05) is 6.07 Å². The van der Waals surface area contributed by atoms with Gasteiger partial charge >= 0.3 is 0 Å². The Kier molecular flexibility index (Phi) is 5.20. The maximum atomic E-state index is 12.2. The van der Waals surface area contributed by atoms with E-state index in [0.29, 0.717) is 6.42 Å². The molecule has 3 heteroatoms. The van der Waals surface area contributed by atoms with Crippen LogP contribution in [0.2, 0.25) is 0 Å². The molecule has 0 radical (unpaired) electrons. The van der Waals surface area contributed by atoms with Gasteiger partial charge < -0.3 is 9.64 Å². The fraction of sp³-hybridized carbons (Fsp3) is 0.533. The molecular formula is C15H23NO2. The Bertz CT molecular complexity index is 423. The molecule has 0 unspecified atom stereocenters. The van der Waals surface area contributed by atoms with E-state index < -0.39 is 0 Å². The molecule has 0 aliphatic rings. The van der Waals surface area contributed by atoms with Crippen LogP contribution in [0.5, 0.6) is 5.75 Å². The van der Waals surface area contributed by atoms with Gasteiger partial charge in [0.1, 0.15) is 5.75 Å². The molecule has 0 aromatic heterocycles. The summed E-state index contributed by atoms with van der Waals surface area (Å²) in [7, 11) is 1.65. The van der Waals surface area contributed by atoms with Gasteiger partial charge in [0.05, 0.1) is 13.5 Å². The van der Waals surface area contributed by atoms with Crippen LogP contribution in [0.15, 0.2) is 12.1 Å². The van der Waals surface area contributed by atoms with Crippen LogP contribution < -0.4 is 4.74 Å². The third-order valence-corrected chi connectivity index (χ3v) is 3.24. The fourth-order valence-corrected chi connectivity index (χ4v) is 2.21. The van der Waals surface area contributed by atoms with Crippen molar-refractivity contribution in [1.29, 1.82) is 0 Å². The number of carbonyl (C=O) groups is 1. The Hall–Kier alpha value is -1.51. The first kappa shape index (κ1) is 14.6. The number of benzene rings is 1. The van der Waals surface area contributed by atoms with E-state index in [1.165, 1.54) is 0 Å². The largest absolute Gasteiger partial charge is 0.496 e. The first-order valence-corrected chi connectivity index (χ1v) is 6.45. The smallest absolute Gasteiger partial charge is 0.227 e. The zero-order valence-corrected chi connectivity index (χ0v) is 12.0. The molecule has 100 valence electrons. The van der Waals surface area contributed by atoms with Crippen LogP contribution in [0.25, 0.3) is 0 Å². The number of ether oxygens (including phenoxy) is 1. The molecule has 0 saturated heterocycles. The topological polar surface area (TPSA) is 29.5 Å². The molecule has 0 fully saturated rings. The van der Waals surface area contributed by atoms with Crippen molar-refractivity contribution in [2.75, 3.05) is 20.2 Å². The Morgan fingerprint density at radius 1 is 1.22 bits per heavy atom. The number of aryl methyl sites for hydroxylation is 2. The van der Waals surface area contributed by atoms with E-state index in [1.54, 1.807) is 7.11 Å². The number of rotatable bonds is 5. The lowest BCUT2D eigenvalue weighted by Gasteiger charge is -2.20. The summed E-state index contributed by atoms with van der Waals surface area (Å²) in [5.41, 5.74) is 3.27. The molecule has 1 aromatic carbocycles. The molecule has 3 nitrogen and oxygen atoms in total. The van der Waals surface area contributed by atoms with Gasteiger partial charge in [-0.05, 0) is 44.9 Å². The first-order valence-electron chi connectivity index (χ1n) is 6.45. The van der Waals surface area contributed by atoms with Crippen LogP contribution in [-0.4, -0.2) is 31.0 Å². The minimum atomic E-state index is 0.158. The second-order valence-electron chi connectivity index (χ2n) is 4.51. The van der Waals surface area contributed by atoms with Crippen LogP contribution in [0.4, 0.5) is 0 Å². The van der Waals surface area contributed by atoms with E-state index in [4.69, 9.17) is 4.74 Å². The van der Waals surface area contributed by atoms with Gasteiger partial charge in [-0.3, -0.25) is 4.79 Å². The summed E-state index contributed by atoms with van der Waals surface area (Å²) in [5, 5.41) is 0. The third kappa shape index (κ3) is 3.25. The van der Waals surface area contributed by atoms with Crippen molar-refractivity contribution in [3.8, 4) is 5.75 Å². The highest BCUT2D eigenvalue weighted by Crippen LogP contribution is 2.25. The highest BCUT2D eigenvalue weighted by Gasteiger charge is 2.15. The van der Waals surface area contributed by atoms with Crippen LogP contribution >= 0.6 is 0 Å². The lowest BCUT2D eigenvalue weighted by molar-refractivity contribution is -0.130. The number of methoxy groups -OCH3 is 1. The second kappa shape index (κ2) is 6.43. The summed E-state index contributed by atoms with van der Waals surface area (Å²) in [4.78, 5) is 14.0. The van der Waals surface area contributed by atoms with E-state index in [0.717, 1.165) is 35.5 Å². The Morgan fingerprint density at radius 3 is 2.33 bits per heavy atom. The van der Waals surface area contributed by atoms with Gasteiger partial charge in [0.15, 0.2) is 0 Å². The number of amides is 1. The predicted octanol–water partition coefficient (Wildman–Crippen LogP) is 2.72. The van der Waals surface area contributed by atoms with E-state index in [9.17, 15) is 4.79 Å². The molecule has 0 atom stereocenters. The molecule has 1 amide bonds. The second-order valence-corrected chi connectivity index (χ2v) is 4.51. The van der Waals surface area contributed by atoms with Gasteiger partial charge in [0.25, 0.3) is 0 Å². The van der Waals surface area contributed by atoms with Crippen molar-refractivity contribution in [3.05, 3.63) is 28.8 Å². The summed E-state index contributed by atoms with van der Waals surface area (Å²) >= 11 is 0. The van der Waals surface area contributed by atoms with Gasteiger partial charge in [0.2, 0.25) is 5.91 Å². The molecule has 1 rings (SSSR count). The summed E-state index contributed by atoms with van der Waals surface area (Å²) in [5.74, 6) is 0.971. The van der Waals surface area contributed by atoms with Crippen LogP contribution in [0.1, 0.15) is 30.5 Å². The monoisotopic (exact) mass is 249 g/mol. The average molecular weight is 249 g/mol. The van der Waals surface area contributed by atoms with Crippen molar-refractivity contribution in [2.24, 2.45) is 0 Å². The first-order chi connectivity index (χ1) is 8.53. The Labute approximate surface area is 110 Å².